The van der Waals surface area contributed by atoms with E-state index >= 15 is 0 Å². The van der Waals surface area contributed by atoms with Crippen LogP contribution in [0.2, 0.25) is 0 Å². The van der Waals surface area contributed by atoms with E-state index in [0.29, 0.717) is 25.1 Å². The van der Waals surface area contributed by atoms with Gasteiger partial charge in [0.2, 0.25) is 5.91 Å². The van der Waals surface area contributed by atoms with Crippen LogP contribution in [-0.2, 0) is 4.79 Å². The largest absolute Gasteiger partial charge is 0.383 e. The minimum atomic E-state index is 0.00787. The van der Waals surface area contributed by atoms with Gasteiger partial charge in [-0.25, -0.2) is 0 Å². The summed E-state index contributed by atoms with van der Waals surface area (Å²) in [5.74, 6) is 0.00787. The molecule has 0 saturated carbocycles. The smallest absolute Gasteiger partial charge is 0.221 e. The maximum absolute atomic E-state index is 11.2. The summed E-state index contributed by atoms with van der Waals surface area (Å²) in [5.41, 5.74) is 1.32. The van der Waals surface area contributed by atoms with Gasteiger partial charge in [0.25, 0.3) is 0 Å². The van der Waals surface area contributed by atoms with Gasteiger partial charge in [-0.15, -0.1) is 0 Å². The zero-order valence-electron chi connectivity index (χ0n) is 9.59. The molecule has 0 saturated heterocycles. The Morgan fingerprint density at radius 2 is 2.29 bits per heavy atom. The van der Waals surface area contributed by atoms with E-state index < -0.39 is 0 Å². The van der Waals surface area contributed by atoms with Gasteiger partial charge in [0.15, 0.2) is 0 Å². The summed E-state index contributed by atoms with van der Waals surface area (Å²) in [6.45, 7) is 3.03. The number of anilines is 1. The zero-order chi connectivity index (χ0) is 12.7. The van der Waals surface area contributed by atoms with E-state index in [2.05, 4.69) is 32.6 Å². The number of halogens is 1. The maximum Gasteiger partial charge on any atom is 0.221 e. The summed E-state index contributed by atoms with van der Waals surface area (Å²) in [4.78, 5) is 11.2. The number of hydrogen-bond acceptors (Lipinski definition) is 3. The minimum Gasteiger partial charge on any atom is -0.383 e. The van der Waals surface area contributed by atoms with Crippen molar-refractivity contribution in [3.8, 4) is 6.07 Å². The molecule has 0 radical (unpaired) electrons. The average Bonchev–Trinajstić information content (AvgIpc) is 2.30. The Morgan fingerprint density at radius 1 is 1.53 bits per heavy atom. The Kier molecular flexibility index (Phi) is 5.50. The van der Waals surface area contributed by atoms with Crippen molar-refractivity contribution < 1.29 is 4.79 Å². The molecule has 0 aliphatic heterocycles. The molecule has 0 aliphatic carbocycles. The second-order valence-electron chi connectivity index (χ2n) is 3.43. The molecule has 0 bridgehead atoms. The van der Waals surface area contributed by atoms with Crippen LogP contribution in [0.25, 0.3) is 0 Å². The lowest BCUT2D eigenvalue weighted by Crippen LogP contribution is -2.24. The van der Waals surface area contributed by atoms with Crippen molar-refractivity contribution in [2.24, 2.45) is 0 Å². The highest BCUT2D eigenvalue weighted by atomic mass is 79.9. The van der Waals surface area contributed by atoms with Gasteiger partial charge in [0, 0.05) is 24.0 Å². The molecule has 1 amide bonds. The van der Waals surface area contributed by atoms with Crippen molar-refractivity contribution in [1.82, 2.24) is 5.32 Å². The summed E-state index contributed by atoms with van der Waals surface area (Å²) >= 11 is 3.34. The van der Waals surface area contributed by atoms with Crippen molar-refractivity contribution in [3.05, 3.63) is 28.2 Å². The standard InChI is InChI=1S/C12H14BrN3O/c1-2-15-12(17)5-6-16-11-7-10(13)4-3-9(11)8-14/h3-4,7,16H,2,5-6H2,1H3,(H,15,17). The third-order valence-electron chi connectivity index (χ3n) is 2.14. The molecule has 0 spiro atoms. The van der Waals surface area contributed by atoms with Crippen LogP contribution in [-0.4, -0.2) is 19.0 Å². The van der Waals surface area contributed by atoms with Crippen LogP contribution < -0.4 is 10.6 Å². The number of carbonyl (C=O) groups is 1. The molecule has 0 aliphatic rings. The number of hydrogen-bond donors (Lipinski definition) is 2. The fourth-order valence-electron chi connectivity index (χ4n) is 1.36. The van der Waals surface area contributed by atoms with Gasteiger partial charge in [0.05, 0.1) is 11.3 Å². The molecule has 1 rings (SSSR count). The van der Waals surface area contributed by atoms with Crippen molar-refractivity contribution >= 4 is 27.5 Å². The van der Waals surface area contributed by atoms with E-state index in [1.54, 1.807) is 6.07 Å². The van der Waals surface area contributed by atoms with Gasteiger partial charge < -0.3 is 10.6 Å². The molecule has 2 N–H and O–H groups in total. The lowest BCUT2D eigenvalue weighted by Gasteiger charge is -2.08. The van der Waals surface area contributed by atoms with Crippen LogP contribution in [0.1, 0.15) is 18.9 Å². The third-order valence-corrected chi connectivity index (χ3v) is 2.64. The summed E-state index contributed by atoms with van der Waals surface area (Å²) < 4.78 is 0.900. The normalized spacial score (nSPS) is 9.47. The lowest BCUT2D eigenvalue weighted by molar-refractivity contribution is -0.120. The Balaban J connectivity index is 2.54. The van der Waals surface area contributed by atoms with Crippen molar-refractivity contribution in [2.75, 3.05) is 18.4 Å². The molecular formula is C12H14BrN3O. The van der Waals surface area contributed by atoms with E-state index in [9.17, 15) is 4.79 Å². The second-order valence-corrected chi connectivity index (χ2v) is 4.35. The molecular weight excluding hydrogens is 282 g/mol. The first kappa shape index (κ1) is 13.5. The Morgan fingerprint density at radius 3 is 2.94 bits per heavy atom. The summed E-state index contributed by atoms with van der Waals surface area (Å²) in [7, 11) is 0. The number of nitrogens with zero attached hydrogens (tertiary/aromatic N) is 1. The number of amides is 1. The molecule has 4 nitrogen and oxygen atoms in total. The first-order chi connectivity index (χ1) is 8.17. The van der Waals surface area contributed by atoms with Crippen molar-refractivity contribution in [1.29, 1.82) is 5.26 Å². The van der Waals surface area contributed by atoms with Crippen molar-refractivity contribution in [2.45, 2.75) is 13.3 Å². The van der Waals surface area contributed by atoms with Crippen LogP contribution in [0.15, 0.2) is 22.7 Å². The molecule has 5 heteroatoms. The topological polar surface area (TPSA) is 64.9 Å². The first-order valence-electron chi connectivity index (χ1n) is 5.37. The van der Waals surface area contributed by atoms with E-state index in [0.717, 1.165) is 10.2 Å². The molecule has 90 valence electrons. The number of nitrogens with one attached hydrogen (secondary N) is 2. The fourth-order valence-corrected chi connectivity index (χ4v) is 1.72. The maximum atomic E-state index is 11.2. The van der Waals surface area contributed by atoms with Gasteiger partial charge in [-0.3, -0.25) is 4.79 Å². The van der Waals surface area contributed by atoms with Gasteiger partial charge in [-0.05, 0) is 25.1 Å². The van der Waals surface area contributed by atoms with Crippen LogP contribution >= 0.6 is 15.9 Å². The lowest BCUT2D eigenvalue weighted by atomic mass is 10.2. The number of carbonyl (C=O) groups excluding carboxylic acids is 1. The quantitative estimate of drug-likeness (QED) is 0.876. The molecule has 17 heavy (non-hydrogen) atoms. The second kappa shape index (κ2) is 6.92. The number of rotatable bonds is 5. The highest BCUT2D eigenvalue weighted by Crippen LogP contribution is 2.20. The summed E-state index contributed by atoms with van der Waals surface area (Å²) in [6, 6.07) is 7.48. The molecule has 1 aromatic carbocycles. The molecule has 0 aromatic heterocycles. The van der Waals surface area contributed by atoms with Crippen LogP contribution in [0.4, 0.5) is 5.69 Å². The Bertz CT molecular complexity index is 440. The first-order valence-corrected chi connectivity index (χ1v) is 6.17. The molecule has 0 unspecified atom stereocenters. The fraction of sp³-hybridized carbons (Fsp3) is 0.333. The van der Waals surface area contributed by atoms with Gasteiger partial charge in [0.1, 0.15) is 6.07 Å². The predicted molar refractivity (Wildman–Crippen MR) is 70.6 cm³/mol. The van der Waals surface area contributed by atoms with Gasteiger partial charge >= 0.3 is 0 Å². The van der Waals surface area contributed by atoms with Crippen molar-refractivity contribution in [3.63, 3.8) is 0 Å². The predicted octanol–water partition coefficient (Wildman–Crippen LogP) is 2.26. The highest BCUT2D eigenvalue weighted by molar-refractivity contribution is 9.10. The SMILES string of the molecule is CCNC(=O)CCNc1cc(Br)ccc1C#N. The van der Waals surface area contributed by atoms with Gasteiger partial charge in [-0.2, -0.15) is 5.26 Å². The minimum absolute atomic E-state index is 0.00787. The van der Waals surface area contributed by atoms with E-state index in [-0.39, 0.29) is 5.91 Å². The zero-order valence-corrected chi connectivity index (χ0v) is 11.2. The summed E-state index contributed by atoms with van der Waals surface area (Å²) in [5, 5.41) is 14.7. The number of benzene rings is 1. The van der Waals surface area contributed by atoms with Crippen LogP contribution in [0.3, 0.4) is 0 Å². The molecule has 0 atom stereocenters. The Labute approximate surface area is 109 Å². The van der Waals surface area contributed by atoms with E-state index in [1.165, 1.54) is 0 Å². The Hall–Kier alpha value is -1.54. The van der Waals surface area contributed by atoms with E-state index in [1.807, 2.05) is 19.1 Å². The third kappa shape index (κ3) is 4.45. The van der Waals surface area contributed by atoms with Crippen LogP contribution in [0, 0.1) is 11.3 Å². The monoisotopic (exact) mass is 295 g/mol. The van der Waals surface area contributed by atoms with Gasteiger partial charge in [-0.1, -0.05) is 15.9 Å². The van der Waals surface area contributed by atoms with E-state index in [4.69, 9.17) is 5.26 Å². The molecule has 1 aromatic rings. The number of nitriles is 1. The van der Waals surface area contributed by atoms with Crippen LogP contribution in [0.5, 0.6) is 0 Å². The summed E-state index contributed by atoms with van der Waals surface area (Å²) in [6.07, 6.45) is 0.394. The highest BCUT2D eigenvalue weighted by Gasteiger charge is 2.03. The molecule has 0 fully saturated rings. The molecule has 0 heterocycles. The average molecular weight is 296 g/mol.